The summed E-state index contributed by atoms with van der Waals surface area (Å²) in [4.78, 5) is 13.2. The van der Waals surface area contributed by atoms with Gasteiger partial charge in [-0.3, -0.25) is 4.90 Å². The molecule has 2 heterocycles. The number of alkyl halides is 3. The number of nitrogens with zero attached hydrogens (tertiary/aromatic N) is 1. The van der Waals surface area contributed by atoms with Gasteiger partial charge in [0, 0.05) is 19.7 Å². The standard InChI is InChI=1S/C15H26F3N3O2/c1-14(5-2-8-23-14)10-20-13(22)19-9-12-3-6-21(7-4-12)11-15(16,17)18/h12H,2-11H2,1H3,(H2,19,20,22)/t14-/m0/s1. The first-order chi connectivity index (χ1) is 10.8. The second-order valence-electron chi connectivity index (χ2n) is 6.80. The average molecular weight is 337 g/mol. The second kappa shape index (κ2) is 7.70. The highest BCUT2D eigenvalue weighted by Gasteiger charge is 2.33. The number of piperidine rings is 1. The molecule has 2 aliphatic heterocycles. The minimum absolute atomic E-state index is 0.237. The first-order valence-electron chi connectivity index (χ1n) is 8.21. The normalized spacial score (nSPS) is 27.1. The third kappa shape index (κ3) is 6.55. The molecule has 2 rings (SSSR count). The Bertz CT molecular complexity index is 390. The van der Waals surface area contributed by atoms with Crippen molar-refractivity contribution in [2.24, 2.45) is 5.92 Å². The molecule has 2 amide bonds. The number of likely N-dealkylation sites (tertiary alicyclic amines) is 1. The van der Waals surface area contributed by atoms with Gasteiger partial charge in [0.2, 0.25) is 0 Å². The largest absolute Gasteiger partial charge is 0.401 e. The molecule has 2 saturated heterocycles. The third-order valence-electron chi connectivity index (χ3n) is 4.58. The van der Waals surface area contributed by atoms with Gasteiger partial charge in [-0.1, -0.05) is 0 Å². The molecular formula is C15H26F3N3O2. The van der Waals surface area contributed by atoms with Gasteiger partial charge in [-0.2, -0.15) is 13.2 Å². The number of halogens is 3. The summed E-state index contributed by atoms with van der Waals surface area (Å²) in [5.41, 5.74) is -0.278. The van der Waals surface area contributed by atoms with E-state index in [4.69, 9.17) is 4.74 Å². The number of carbonyl (C=O) groups excluding carboxylic acids is 1. The first kappa shape index (κ1) is 18.3. The molecule has 134 valence electrons. The van der Waals surface area contributed by atoms with Crippen LogP contribution in [0.25, 0.3) is 0 Å². The minimum Gasteiger partial charge on any atom is -0.373 e. The Morgan fingerprint density at radius 3 is 2.57 bits per heavy atom. The maximum absolute atomic E-state index is 12.3. The van der Waals surface area contributed by atoms with Crippen molar-refractivity contribution in [1.82, 2.24) is 15.5 Å². The van der Waals surface area contributed by atoms with E-state index in [-0.39, 0.29) is 17.6 Å². The Labute approximate surface area is 134 Å². The quantitative estimate of drug-likeness (QED) is 0.808. The van der Waals surface area contributed by atoms with Crippen molar-refractivity contribution in [2.45, 2.75) is 44.4 Å². The van der Waals surface area contributed by atoms with E-state index < -0.39 is 12.7 Å². The molecule has 5 nitrogen and oxygen atoms in total. The molecule has 0 bridgehead atoms. The van der Waals surface area contributed by atoms with Crippen LogP contribution in [0.5, 0.6) is 0 Å². The Morgan fingerprint density at radius 2 is 2.00 bits per heavy atom. The van der Waals surface area contributed by atoms with Crippen LogP contribution in [0.4, 0.5) is 18.0 Å². The molecule has 0 aromatic carbocycles. The zero-order valence-electron chi connectivity index (χ0n) is 13.5. The molecule has 8 heteroatoms. The maximum Gasteiger partial charge on any atom is 0.401 e. The van der Waals surface area contributed by atoms with Crippen LogP contribution in [0.15, 0.2) is 0 Å². The lowest BCUT2D eigenvalue weighted by atomic mass is 9.97. The van der Waals surface area contributed by atoms with Crippen LogP contribution in [-0.4, -0.2) is 62.0 Å². The summed E-state index contributed by atoms with van der Waals surface area (Å²) in [6.07, 6.45) is -0.834. The van der Waals surface area contributed by atoms with Crippen molar-refractivity contribution < 1.29 is 22.7 Å². The lowest BCUT2D eigenvalue weighted by Gasteiger charge is -2.32. The van der Waals surface area contributed by atoms with Gasteiger partial charge in [0.1, 0.15) is 0 Å². The van der Waals surface area contributed by atoms with Gasteiger partial charge in [-0.05, 0) is 51.6 Å². The topological polar surface area (TPSA) is 53.6 Å². The zero-order valence-corrected chi connectivity index (χ0v) is 13.5. The Hall–Kier alpha value is -1.02. The molecule has 0 saturated carbocycles. The lowest BCUT2D eigenvalue weighted by molar-refractivity contribution is -0.148. The van der Waals surface area contributed by atoms with Gasteiger partial charge >= 0.3 is 12.2 Å². The molecule has 1 atom stereocenters. The van der Waals surface area contributed by atoms with Crippen molar-refractivity contribution in [3.05, 3.63) is 0 Å². The molecular weight excluding hydrogens is 311 g/mol. The Balaban J connectivity index is 1.58. The molecule has 23 heavy (non-hydrogen) atoms. The summed E-state index contributed by atoms with van der Waals surface area (Å²) in [5, 5.41) is 5.62. The van der Waals surface area contributed by atoms with Crippen molar-refractivity contribution in [1.29, 1.82) is 0 Å². The number of hydrogen-bond donors (Lipinski definition) is 2. The summed E-state index contributed by atoms with van der Waals surface area (Å²) >= 11 is 0. The summed E-state index contributed by atoms with van der Waals surface area (Å²) < 4.78 is 42.6. The van der Waals surface area contributed by atoms with E-state index in [2.05, 4.69) is 10.6 Å². The molecule has 0 aromatic rings. The van der Waals surface area contributed by atoms with Crippen molar-refractivity contribution in [2.75, 3.05) is 39.3 Å². The molecule has 2 N–H and O–H groups in total. The van der Waals surface area contributed by atoms with E-state index in [1.54, 1.807) is 0 Å². The van der Waals surface area contributed by atoms with E-state index in [0.29, 0.717) is 39.0 Å². The van der Waals surface area contributed by atoms with Crippen LogP contribution in [0.2, 0.25) is 0 Å². The Morgan fingerprint density at radius 1 is 1.30 bits per heavy atom. The third-order valence-corrected chi connectivity index (χ3v) is 4.58. The van der Waals surface area contributed by atoms with Crippen LogP contribution in [0.3, 0.4) is 0 Å². The summed E-state index contributed by atoms with van der Waals surface area (Å²) in [6, 6.07) is -0.237. The van der Waals surface area contributed by atoms with Crippen LogP contribution in [0.1, 0.15) is 32.6 Å². The van der Waals surface area contributed by atoms with Crippen molar-refractivity contribution in [3.8, 4) is 0 Å². The molecule has 0 spiro atoms. The summed E-state index contributed by atoms with van der Waals surface area (Å²) in [7, 11) is 0. The van der Waals surface area contributed by atoms with Crippen molar-refractivity contribution >= 4 is 6.03 Å². The number of hydrogen-bond acceptors (Lipinski definition) is 3. The predicted octanol–water partition coefficient (Wildman–Crippen LogP) is 2.13. The molecule has 2 fully saturated rings. The van der Waals surface area contributed by atoms with E-state index in [0.717, 1.165) is 19.4 Å². The summed E-state index contributed by atoms with van der Waals surface area (Å²) in [6.45, 7) is 3.71. The lowest BCUT2D eigenvalue weighted by Crippen LogP contribution is -2.47. The maximum atomic E-state index is 12.3. The highest BCUT2D eigenvalue weighted by molar-refractivity contribution is 5.73. The highest BCUT2D eigenvalue weighted by atomic mass is 19.4. The van der Waals surface area contributed by atoms with Crippen LogP contribution in [-0.2, 0) is 4.74 Å². The van der Waals surface area contributed by atoms with Gasteiger partial charge in [0.15, 0.2) is 0 Å². The fourth-order valence-corrected chi connectivity index (χ4v) is 3.15. The molecule has 0 unspecified atom stereocenters. The minimum atomic E-state index is -4.14. The number of amides is 2. The average Bonchev–Trinajstić information content (AvgIpc) is 2.90. The fourth-order valence-electron chi connectivity index (χ4n) is 3.15. The number of rotatable bonds is 5. The van der Waals surface area contributed by atoms with Gasteiger partial charge in [-0.25, -0.2) is 4.79 Å². The van der Waals surface area contributed by atoms with Gasteiger partial charge in [-0.15, -0.1) is 0 Å². The SMILES string of the molecule is C[C@@]1(CNC(=O)NCC2CCN(CC(F)(F)F)CC2)CCCO1. The monoisotopic (exact) mass is 337 g/mol. The van der Waals surface area contributed by atoms with E-state index in [9.17, 15) is 18.0 Å². The van der Waals surface area contributed by atoms with E-state index >= 15 is 0 Å². The van der Waals surface area contributed by atoms with Gasteiger partial charge in [0.05, 0.1) is 12.1 Å². The van der Waals surface area contributed by atoms with E-state index in [1.165, 1.54) is 4.90 Å². The first-order valence-corrected chi connectivity index (χ1v) is 8.21. The Kier molecular flexibility index (Phi) is 6.13. The van der Waals surface area contributed by atoms with Crippen LogP contribution >= 0.6 is 0 Å². The van der Waals surface area contributed by atoms with Gasteiger partial charge in [0.25, 0.3) is 0 Å². The predicted molar refractivity (Wildman–Crippen MR) is 80.2 cm³/mol. The number of urea groups is 1. The fraction of sp³-hybridized carbons (Fsp3) is 0.933. The molecule has 0 aliphatic carbocycles. The van der Waals surface area contributed by atoms with E-state index in [1.807, 2.05) is 6.92 Å². The molecule has 0 aromatic heterocycles. The van der Waals surface area contributed by atoms with Crippen LogP contribution in [0, 0.1) is 5.92 Å². The number of ether oxygens (including phenoxy) is 1. The zero-order chi connectivity index (χ0) is 16.9. The number of nitrogens with one attached hydrogen (secondary N) is 2. The highest BCUT2D eigenvalue weighted by Crippen LogP contribution is 2.24. The van der Waals surface area contributed by atoms with Crippen LogP contribution < -0.4 is 10.6 Å². The van der Waals surface area contributed by atoms with Gasteiger partial charge < -0.3 is 15.4 Å². The molecule has 0 radical (unpaired) electrons. The van der Waals surface area contributed by atoms with Crippen molar-refractivity contribution in [3.63, 3.8) is 0 Å². The summed E-state index contributed by atoms with van der Waals surface area (Å²) in [5.74, 6) is 0.239. The number of carbonyl (C=O) groups is 1. The smallest absolute Gasteiger partial charge is 0.373 e. The molecule has 2 aliphatic rings. The second-order valence-corrected chi connectivity index (χ2v) is 6.80.